The molecule has 0 heterocycles. The molecule has 1 amide bonds. The van der Waals surface area contributed by atoms with E-state index in [0.717, 1.165) is 17.3 Å². The number of alkyl halides is 1. The molecule has 0 aliphatic carbocycles. The number of hydrogen-bond donors (Lipinski definition) is 1. The van der Waals surface area contributed by atoms with E-state index >= 15 is 0 Å². The van der Waals surface area contributed by atoms with Crippen LogP contribution in [0.5, 0.6) is 0 Å². The number of nitrogens with one attached hydrogen (secondary N) is 1. The molecule has 88 valence electrons. The lowest BCUT2D eigenvalue weighted by molar-refractivity contribution is -0.121. The van der Waals surface area contributed by atoms with Gasteiger partial charge in [0.2, 0.25) is 5.91 Å². The fourth-order valence-corrected chi connectivity index (χ4v) is 2.17. The van der Waals surface area contributed by atoms with Crippen LogP contribution in [0.15, 0.2) is 24.3 Å². The summed E-state index contributed by atoms with van der Waals surface area (Å²) >= 11 is 9.35. The molecule has 1 atom stereocenters. The Hall–Kier alpha value is -0.540. The first-order valence-corrected chi connectivity index (χ1v) is 6.76. The van der Waals surface area contributed by atoms with E-state index in [1.807, 2.05) is 25.1 Å². The largest absolute Gasteiger partial charge is 0.352 e. The highest BCUT2D eigenvalue weighted by atomic mass is 79.9. The molecule has 0 spiro atoms. The number of benzene rings is 1. The number of hydrogen-bond acceptors (Lipinski definition) is 1. The molecule has 1 rings (SSSR count). The van der Waals surface area contributed by atoms with Crippen molar-refractivity contribution in [1.82, 2.24) is 5.32 Å². The summed E-state index contributed by atoms with van der Waals surface area (Å²) in [5.41, 5.74) is 0.867. The monoisotopic (exact) mass is 303 g/mol. The Kier molecular flexibility index (Phi) is 5.85. The number of amides is 1. The molecule has 1 aromatic carbocycles. The third-order valence-corrected chi connectivity index (χ3v) is 3.50. The molecular formula is C12H15BrClNO. The van der Waals surface area contributed by atoms with Gasteiger partial charge in [-0.15, -0.1) is 0 Å². The summed E-state index contributed by atoms with van der Waals surface area (Å²) in [5.74, 6) is 0.0133. The van der Waals surface area contributed by atoms with E-state index in [-0.39, 0.29) is 11.9 Å². The molecule has 0 saturated carbocycles. The van der Waals surface area contributed by atoms with Gasteiger partial charge in [-0.1, -0.05) is 52.7 Å². The average molecular weight is 305 g/mol. The SMILES string of the molecule is CCC(CBr)NC(=O)Cc1ccccc1Cl. The molecule has 0 aliphatic heterocycles. The van der Waals surface area contributed by atoms with Crippen molar-refractivity contribution >= 4 is 33.4 Å². The molecule has 4 heteroatoms. The first-order chi connectivity index (χ1) is 7.67. The number of carbonyl (C=O) groups is 1. The maximum absolute atomic E-state index is 11.7. The first kappa shape index (κ1) is 13.5. The summed E-state index contributed by atoms with van der Waals surface area (Å²) in [4.78, 5) is 11.7. The van der Waals surface area contributed by atoms with Gasteiger partial charge in [-0.25, -0.2) is 0 Å². The Morgan fingerprint density at radius 2 is 2.19 bits per heavy atom. The molecule has 0 fully saturated rings. The van der Waals surface area contributed by atoms with Crippen molar-refractivity contribution in [2.75, 3.05) is 5.33 Å². The maximum atomic E-state index is 11.7. The molecule has 1 aromatic rings. The fourth-order valence-electron chi connectivity index (χ4n) is 1.34. The summed E-state index contributed by atoms with van der Waals surface area (Å²) in [6.45, 7) is 2.04. The lowest BCUT2D eigenvalue weighted by Gasteiger charge is -2.14. The minimum absolute atomic E-state index is 0.0133. The van der Waals surface area contributed by atoms with Gasteiger partial charge in [-0.2, -0.15) is 0 Å². The van der Waals surface area contributed by atoms with Crippen LogP contribution in [0.3, 0.4) is 0 Å². The normalized spacial score (nSPS) is 12.2. The van der Waals surface area contributed by atoms with Gasteiger partial charge in [-0.05, 0) is 18.1 Å². The summed E-state index contributed by atoms with van der Waals surface area (Å²) in [6, 6.07) is 7.60. The van der Waals surface area contributed by atoms with Crippen LogP contribution in [0.2, 0.25) is 5.02 Å². The number of carbonyl (C=O) groups excluding carboxylic acids is 1. The quantitative estimate of drug-likeness (QED) is 0.832. The van der Waals surface area contributed by atoms with E-state index < -0.39 is 0 Å². The minimum atomic E-state index is 0.0133. The van der Waals surface area contributed by atoms with Crippen molar-refractivity contribution in [3.05, 3.63) is 34.9 Å². The van der Waals surface area contributed by atoms with Crippen molar-refractivity contribution in [1.29, 1.82) is 0 Å². The molecule has 0 aliphatic rings. The van der Waals surface area contributed by atoms with Crippen LogP contribution in [-0.2, 0) is 11.2 Å². The Labute approximate surface area is 110 Å². The van der Waals surface area contributed by atoms with Crippen LogP contribution in [0, 0.1) is 0 Å². The van der Waals surface area contributed by atoms with E-state index in [1.54, 1.807) is 6.07 Å². The van der Waals surface area contributed by atoms with E-state index in [1.165, 1.54) is 0 Å². The zero-order chi connectivity index (χ0) is 12.0. The van der Waals surface area contributed by atoms with E-state index in [2.05, 4.69) is 21.2 Å². The van der Waals surface area contributed by atoms with Gasteiger partial charge in [-0.3, -0.25) is 4.79 Å². The van der Waals surface area contributed by atoms with Gasteiger partial charge in [0.05, 0.1) is 6.42 Å². The van der Waals surface area contributed by atoms with Crippen molar-refractivity contribution in [2.45, 2.75) is 25.8 Å². The molecule has 0 bridgehead atoms. The summed E-state index contributed by atoms with van der Waals surface area (Å²) < 4.78 is 0. The van der Waals surface area contributed by atoms with Crippen molar-refractivity contribution < 1.29 is 4.79 Å². The maximum Gasteiger partial charge on any atom is 0.224 e. The van der Waals surface area contributed by atoms with Gasteiger partial charge in [0.1, 0.15) is 0 Å². The molecule has 16 heavy (non-hydrogen) atoms. The average Bonchev–Trinajstić information content (AvgIpc) is 2.29. The molecule has 1 N–H and O–H groups in total. The Morgan fingerprint density at radius 3 is 2.75 bits per heavy atom. The van der Waals surface area contributed by atoms with Gasteiger partial charge in [0.15, 0.2) is 0 Å². The zero-order valence-electron chi connectivity index (χ0n) is 9.17. The van der Waals surface area contributed by atoms with Crippen LogP contribution >= 0.6 is 27.5 Å². The standard InChI is InChI=1S/C12H15BrClNO/c1-2-10(8-13)15-12(16)7-9-5-3-4-6-11(9)14/h3-6,10H,2,7-8H2,1H3,(H,15,16). The number of halogens is 2. The lowest BCUT2D eigenvalue weighted by Crippen LogP contribution is -2.36. The highest BCUT2D eigenvalue weighted by Gasteiger charge is 2.10. The second-order valence-electron chi connectivity index (χ2n) is 3.60. The molecule has 0 saturated heterocycles. The van der Waals surface area contributed by atoms with Crippen LogP contribution in [0.1, 0.15) is 18.9 Å². The van der Waals surface area contributed by atoms with E-state index in [0.29, 0.717) is 11.4 Å². The highest BCUT2D eigenvalue weighted by molar-refractivity contribution is 9.09. The highest BCUT2D eigenvalue weighted by Crippen LogP contribution is 2.15. The summed E-state index contributed by atoms with van der Waals surface area (Å²) in [7, 11) is 0. The minimum Gasteiger partial charge on any atom is -0.352 e. The number of rotatable bonds is 5. The summed E-state index contributed by atoms with van der Waals surface area (Å²) in [6.07, 6.45) is 1.25. The Balaban J connectivity index is 2.55. The van der Waals surface area contributed by atoms with Crippen molar-refractivity contribution in [3.63, 3.8) is 0 Å². The van der Waals surface area contributed by atoms with Crippen LogP contribution in [-0.4, -0.2) is 17.3 Å². The smallest absolute Gasteiger partial charge is 0.224 e. The van der Waals surface area contributed by atoms with Gasteiger partial charge in [0, 0.05) is 16.4 Å². The third-order valence-electron chi connectivity index (χ3n) is 2.35. The summed E-state index contributed by atoms with van der Waals surface area (Å²) in [5, 5.41) is 4.37. The first-order valence-electron chi connectivity index (χ1n) is 5.26. The molecule has 1 unspecified atom stereocenters. The topological polar surface area (TPSA) is 29.1 Å². The lowest BCUT2D eigenvalue weighted by atomic mass is 10.1. The van der Waals surface area contributed by atoms with Gasteiger partial charge < -0.3 is 5.32 Å². The second-order valence-corrected chi connectivity index (χ2v) is 4.65. The zero-order valence-corrected chi connectivity index (χ0v) is 11.5. The Bertz CT molecular complexity index is 353. The molecule has 2 nitrogen and oxygen atoms in total. The van der Waals surface area contributed by atoms with Crippen LogP contribution in [0.4, 0.5) is 0 Å². The van der Waals surface area contributed by atoms with E-state index in [4.69, 9.17) is 11.6 Å². The van der Waals surface area contributed by atoms with Gasteiger partial charge in [0.25, 0.3) is 0 Å². The van der Waals surface area contributed by atoms with Crippen LogP contribution in [0.25, 0.3) is 0 Å². The molecule has 0 aromatic heterocycles. The van der Waals surface area contributed by atoms with Crippen molar-refractivity contribution in [3.8, 4) is 0 Å². The molecular weight excluding hydrogens is 289 g/mol. The third kappa shape index (κ3) is 4.14. The van der Waals surface area contributed by atoms with Crippen molar-refractivity contribution in [2.24, 2.45) is 0 Å². The molecule has 0 radical (unpaired) electrons. The van der Waals surface area contributed by atoms with E-state index in [9.17, 15) is 4.79 Å². The predicted molar refractivity (Wildman–Crippen MR) is 71.2 cm³/mol. The van der Waals surface area contributed by atoms with Crippen LogP contribution < -0.4 is 5.32 Å². The van der Waals surface area contributed by atoms with Gasteiger partial charge >= 0.3 is 0 Å². The Morgan fingerprint density at radius 1 is 1.50 bits per heavy atom. The fraction of sp³-hybridized carbons (Fsp3) is 0.417. The predicted octanol–water partition coefficient (Wildman–Crippen LogP) is 3.17. The second kappa shape index (κ2) is 6.92.